The van der Waals surface area contributed by atoms with Gasteiger partial charge in [-0.25, -0.2) is 16.8 Å². The van der Waals surface area contributed by atoms with Gasteiger partial charge in [0, 0.05) is 13.6 Å². The zero-order valence-corrected chi connectivity index (χ0v) is 28.3. The van der Waals surface area contributed by atoms with Crippen molar-refractivity contribution in [2.45, 2.75) is 16.3 Å². The molecule has 0 unspecified atom stereocenters. The maximum absolute atomic E-state index is 13.7. The first-order chi connectivity index (χ1) is 18.6. The van der Waals surface area contributed by atoms with Gasteiger partial charge in [-0.05, 0) is 41.3 Å². The van der Waals surface area contributed by atoms with Crippen LogP contribution in [0.4, 0.5) is 31.7 Å². The second-order valence-electron chi connectivity index (χ2n) is 8.23. The molecule has 0 fully saturated rings. The molecule has 0 radical (unpaired) electrons. The van der Waals surface area contributed by atoms with Crippen LogP contribution in [-0.4, -0.2) is 48.1 Å². The minimum absolute atomic E-state index is 0. The van der Waals surface area contributed by atoms with Gasteiger partial charge in [-0.3, -0.25) is 0 Å². The van der Waals surface area contributed by atoms with E-state index in [4.69, 9.17) is 17.3 Å². The Morgan fingerprint density at radius 2 is 1.67 bits per heavy atom. The van der Waals surface area contributed by atoms with Crippen molar-refractivity contribution in [2.75, 3.05) is 17.7 Å². The van der Waals surface area contributed by atoms with Crippen LogP contribution < -0.4 is 69.7 Å². The summed E-state index contributed by atoms with van der Waals surface area (Å²) in [5.41, 5.74) is 5.47. The number of nitrogens with zero attached hydrogens (tertiary/aromatic N) is 5. The van der Waals surface area contributed by atoms with Crippen molar-refractivity contribution in [1.29, 1.82) is 0 Å². The number of phenolic OH excluding ortho intramolecular Hbond substituents is 1. The molecule has 1 heterocycles. The van der Waals surface area contributed by atoms with E-state index in [1.165, 1.54) is 30.1 Å². The van der Waals surface area contributed by atoms with E-state index in [1.807, 2.05) is 0 Å². The largest absolute Gasteiger partial charge is 1.00 e. The average Bonchev–Trinajstić information content (AvgIpc) is 2.84. The number of azo groups is 1. The Kier molecular flexibility index (Phi) is 11.8. The quantitative estimate of drug-likeness (QED) is 0.0539. The maximum atomic E-state index is 13.7. The first-order valence-corrected chi connectivity index (χ1v) is 13.9. The fourth-order valence-corrected chi connectivity index (χ4v) is 5.05. The number of hydrogen-bond donors (Lipinski definition) is 2. The molecule has 0 aliphatic carbocycles. The van der Waals surface area contributed by atoms with E-state index >= 15 is 0 Å². The first-order valence-electron chi connectivity index (χ1n) is 10.7. The van der Waals surface area contributed by atoms with Crippen molar-refractivity contribution in [1.82, 2.24) is 9.97 Å². The van der Waals surface area contributed by atoms with Gasteiger partial charge in [0.15, 0.2) is 5.82 Å². The summed E-state index contributed by atoms with van der Waals surface area (Å²) in [6.45, 7) is -0.152. The van der Waals surface area contributed by atoms with Crippen molar-refractivity contribution in [3.63, 3.8) is 0 Å². The number of halogens is 3. The molecule has 0 amide bonds. The van der Waals surface area contributed by atoms with Gasteiger partial charge in [-0.2, -0.15) is 18.7 Å². The zero-order valence-electron chi connectivity index (χ0n) is 21.9. The summed E-state index contributed by atoms with van der Waals surface area (Å²) < 4.78 is 97.1. The van der Waals surface area contributed by atoms with E-state index in [-0.39, 0.29) is 99.2 Å². The molecule has 0 spiro atoms. The summed E-state index contributed by atoms with van der Waals surface area (Å²) in [7, 11) is -8.62. The van der Waals surface area contributed by atoms with Crippen LogP contribution in [0.2, 0.25) is 5.02 Å². The predicted molar refractivity (Wildman–Crippen MR) is 136 cm³/mol. The number of phenols is 1. The second-order valence-corrected chi connectivity index (χ2v) is 11.3. The summed E-state index contributed by atoms with van der Waals surface area (Å²) in [4.78, 5) is 6.05. The molecule has 0 aliphatic rings. The second kappa shape index (κ2) is 13.7. The fraction of sp³-hybridized carbons (Fsp3) is 0.0909. The third kappa shape index (κ3) is 7.92. The molecule has 0 aliphatic heterocycles. The minimum atomic E-state index is -5.08. The number of aromatic hydroxyl groups is 1. The Morgan fingerprint density at radius 1 is 1.00 bits per heavy atom. The summed E-state index contributed by atoms with van der Waals surface area (Å²) in [5, 5.41) is 17.5. The van der Waals surface area contributed by atoms with Crippen LogP contribution >= 0.6 is 11.6 Å². The number of nitrogen functional groups attached to an aromatic ring is 1. The smallest absolute Gasteiger partial charge is 0.744 e. The monoisotopic (exact) mass is 658 g/mol. The van der Waals surface area contributed by atoms with Crippen LogP contribution in [0.1, 0.15) is 5.56 Å². The van der Waals surface area contributed by atoms with Crippen molar-refractivity contribution in [3.8, 4) is 5.75 Å². The van der Waals surface area contributed by atoms with Crippen molar-refractivity contribution in [2.24, 2.45) is 10.2 Å². The minimum Gasteiger partial charge on any atom is -0.744 e. The van der Waals surface area contributed by atoms with E-state index in [0.717, 1.165) is 18.2 Å². The van der Waals surface area contributed by atoms with Gasteiger partial charge in [0.05, 0.1) is 20.9 Å². The zero-order chi connectivity index (χ0) is 29.6. The van der Waals surface area contributed by atoms with Gasteiger partial charge in [-0.1, -0.05) is 23.7 Å². The summed E-state index contributed by atoms with van der Waals surface area (Å²) in [6.07, 6.45) is -1.37. The Balaban J connectivity index is 0.00000308. The SMILES string of the molecule is CN(Cc1ccc(S(=O)(=O)[O-])c(N=Nc2c(N)ccc3cc(S(=O)(=O)[O-])cc(O)c23)c1)c1nc(F)nc(F)c1Cl.[Na+].[Na+]. The van der Waals surface area contributed by atoms with Crippen LogP contribution in [0.25, 0.3) is 10.8 Å². The molecule has 4 aromatic rings. The standard InChI is InChI=1S/C22H17ClF2N6O7S2.2Na/c1-31(21-18(23)20(24)27-22(25)28-21)9-10-2-5-16(40(36,37)38)14(6-10)29-30-19-13(26)4-3-11-7-12(39(33,34)35)8-15(32)17(11)19;;/h2-8,32H,9,26H2,1H3,(H,33,34,35)(H,36,37,38);;/q;2*+1/p-2. The van der Waals surface area contributed by atoms with E-state index in [9.17, 15) is 39.8 Å². The molecule has 0 bridgehead atoms. The molecule has 20 heteroatoms. The topological polar surface area (TPSA) is 214 Å². The van der Waals surface area contributed by atoms with Gasteiger partial charge < -0.3 is 24.8 Å². The van der Waals surface area contributed by atoms with Crippen LogP contribution in [-0.2, 0) is 26.8 Å². The van der Waals surface area contributed by atoms with E-state index in [0.29, 0.717) is 6.07 Å². The first kappa shape index (κ1) is 36.2. The van der Waals surface area contributed by atoms with Gasteiger partial charge in [0.1, 0.15) is 42.4 Å². The van der Waals surface area contributed by atoms with Crippen molar-refractivity contribution < 1.29 is 98.9 Å². The average molecular weight is 659 g/mol. The van der Waals surface area contributed by atoms with Crippen LogP contribution in [0.5, 0.6) is 5.75 Å². The number of rotatable bonds is 7. The van der Waals surface area contributed by atoms with Gasteiger partial charge >= 0.3 is 65.2 Å². The molecular formula is C22H15ClF2N6Na2O7S2. The Hall–Kier alpha value is -2.03. The molecular weight excluding hydrogens is 644 g/mol. The summed E-state index contributed by atoms with van der Waals surface area (Å²) in [6, 6.07) is 7.59. The molecule has 13 nitrogen and oxygen atoms in total. The van der Waals surface area contributed by atoms with E-state index in [2.05, 4.69) is 20.2 Å². The Labute approximate surface area is 286 Å². The molecule has 1 aromatic heterocycles. The molecule has 42 heavy (non-hydrogen) atoms. The predicted octanol–water partition coefficient (Wildman–Crippen LogP) is -2.28. The van der Waals surface area contributed by atoms with Crippen LogP contribution in [0.15, 0.2) is 62.5 Å². The van der Waals surface area contributed by atoms with E-state index in [1.54, 1.807) is 0 Å². The van der Waals surface area contributed by atoms with Gasteiger partial charge in [0.2, 0.25) is 5.95 Å². The normalized spacial score (nSPS) is 11.8. The number of aromatic nitrogens is 2. The maximum Gasteiger partial charge on any atom is 1.00 e. The number of benzene rings is 3. The van der Waals surface area contributed by atoms with Crippen LogP contribution in [0.3, 0.4) is 0 Å². The third-order valence-corrected chi connectivity index (χ3v) is 7.48. The number of hydrogen-bond acceptors (Lipinski definition) is 13. The molecule has 0 saturated carbocycles. The third-order valence-electron chi connectivity index (χ3n) is 5.46. The summed E-state index contributed by atoms with van der Waals surface area (Å²) >= 11 is 5.82. The fourth-order valence-electron chi connectivity index (χ4n) is 3.71. The molecule has 0 atom stereocenters. The molecule has 210 valence electrons. The Bertz CT molecular complexity index is 1940. The number of fused-ring (bicyclic) bond motifs is 1. The van der Waals surface area contributed by atoms with Crippen LogP contribution in [0, 0.1) is 12.0 Å². The molecule has 4 rings (SSSR count). The molecule has 0 saturated heterocycles. The summed E-state index contributed by atoms with van der Waals surface area (Å²) in [5.74, 6) is -2.29. The van der Waals surface area contributed by atoms with E-state index < -0.39 is 58.5 Å². The van der Waals surface area contributed by atoms with Crippen molar-refractivity contribution >= 4 is 65.5 Å². The van der Waals surface area contributed by atoms with Crippen molar-refractivity contribution in [3.05, 3.63) is 65.1 Å². The van der Waals surface area contributed by atoms with Gasteiger partial charge in [-0.15, -0.1) is 10.2 Å². The number of nitrogens with two attached hydrogens (primary N) is 1. The number of anilines is 2. The van der Waals surface area contributed by atoms with Gasteiger partial charge in [0.25, 0.3) is 0 Å². The molecule has 3 aromatic carbocycles. The molecule has 3 N–H and O–H groups in total. The Morgan fingerprint density at radius 3 is 2.29 bits per heavy atom.